The van der Waals surface area contributed by atoms with E-state index in [2.05, 4.69) is 15.6 Å². The van der Waals surface area contributed by atoms with Crippen molar-refractivity contribution in [1.29, 1.82) is 0 Å². The molecule has 0 atom stereocenters. The zero-order valence-corrected chi connectivity index (χ0v) is 15.6. The van der Waals surface area contributed by atoms with Crippen LogP contribution in [-0.2, 0) is 27.8 Å². The van der Waals surface area contributed by atoms with E-state index in [1.165, 1.54) is 4.31 Å². The number of rotatable bonds is 6. The second-order valence-electron chi connectivity index (χ2n) is 6.02. The number of benzene rings is 1. The average molecular weight is 390 g/mol. The number of aromatic nitrogens is 1. The van der Waals surface area contributed by atoms with Crippen molar-refractivity contribution in [2.45, 2.75) is 18.0 Å². The molecule has 144 valence electrons. The van der Waals surface area contributed by atoms with Gasteiger partial charge >= 0.3 is 6.03 Å². The van der Waals surface area contributed by atoms with E-state index in [1.807, 2.05) is 12.1 Å². The van der Waals surface area contributed by atoms with Gasteiger partial charge in [-0.25, -0.2) is 13.2 Å². The van der Waals surface area contributed by atoms with Crippen LogP contribution in [0.4, 0.5) is 4.79 Å². The molecule has 2 N–H and O–H groups in total. The molecule has 2 heterocycles. The van der Waals surface area contributed by atoms with Gasteiger partial charge in [0.1, 0.15) is 0 Å². The lowest BCUT2D eigenvalue weighted by atomic mass is 10.2. The highest BCUT2D eigenvalue weighted by Crippen LogP contribution is 2.21. The van der Waals surface area contributed by atoms with E-state index in [0.717, 1.165) is 5.56 Å². The molecule has 0 radical (unpaired) electrons. The first-order valence-electron chi connectivity index (χ1n) is 8.64. The molecule has 8 nitrogen and oxygen atoms in total. The Morgan fingerprint density at radius 3 is 2.44 bits per heavy atom. The molecule has 2 amide bonds. The molecule has 2 aromatic rings. The van der Waals surface area contributed by atoms with Crippen LogP contribution >= 0.6 is 0 Å². The van der Waals surface area contributed by atoms with E-state index in [0.29, 0.717) is 38.4 Å². The van der Waals surface area contributed by atoms with Gasteiger partial charge in [-0.2, -0.15) is 4.31 Å². The van der Waals surface area contributed by atoms with E-state index in [-0.39, 0.29) is 17.5 Å². The average Bonchev–Trinajstić information content (AvgIpc) is 2.72. The number of nitrogens with one attached hydrogen (secondary N) is 2. The Balaban J connectivity index is 1.63. The summed E-state index contributed by atoms with van der Waals surface area (Å²) in [5.74, 6) is 0. The van der Waals surface area contributed by atoms with Crippen LogP contribution in [0.15, 0.2) is 53.7 Å². The Kier molecular flexibility index (Phi) is 6.38. The lowest BCUT2D eigenvalue weighted by molar-refractivity contribution is 0.0730. The highest BCUT2D eigenvalue weighted by atomic mass is 32.2. The van der Waals surface area contributed by atoms with Gasteiger partial charge in [-0.05, 0) is 29.3 Å². The van der Waals surface area contributed by atoms with Gasteiger partial charge < -0.3 is 15.4 Å². The molecule has 1 aromatic carbocycles. The molecule has 0 spiro atoms. The van der Waals surface area contributed by atoms with Gasteiger partial charge in [-0.1, -0.05) is 18.2 Å². The number of amides is 2. The Bertz CT molecular complexity index is 868. The minimum atomic E-state index is -3.62. The molecule has 27 heavy (non-hydrogen) atoms. The fourth-order valence-electron chi connectivity index (χ4n) is 2.75. The number of carbonyl (C=O) groups is 1. The van der Waals surface area contributed by atoms with Gasteiger partial charge in [-0.3, -0.25) is 4.98 Å². The van der Waals surface area contributed by atoms with Gasteiger partial charge in [0.25, 0.3) is 0 Å². The van der Waals surface area contributed by atoms with E-state index >= 15 is 0 Å². The van der Waals surface area contributed by atoms with Crippen molar-refractivity contribution in [2.24, 2.45) is 0 Å². The number of urea groups is 1. The zero-order valence-electron chi connectivity index (χ0n) is 14.8. The van der Waals surface area contributed by atoms with Crippen molar-refractivity contribution in [3.05, 3.63) is 59.9 Å². The van der Waals surface area contributed by atoms with Crippen LogP contribution in [0.3, 0.4) is 0 Å². The van der Waals surface area contributed by atoms with Gasteiger partial charge in [-0.15, -0.1) is 0 Å². The minimum Gasteiger partial charge on any atom is -0.379 e. The number of nitrogens with zero attached hydrogens (tertiary/aromatic N) is 2. The predicted octanol–water partition coefficient (Wildman–Crippen LogP) is 1.10. The molecule has 0 bridgehead atoms. The molecule has 1 fully saturated rings. The minimum absolute atomic E-state index is 0.113. The molecule has 0 saturated carbocycles. The highest BCUT2D eigenvalue weighted by Gasteiger charge is 2.28. The third kappa shape index (κ3) is 5.03. The van der Waals surface area contributed by atoms with E-state index in [9.17, 15) is 13.2 Å². The van der Waals surface area contributed by atoms with Crippen LogP contribution in [0.5, 0.6) is 0 Å². The Morgan fingerprint density at radius 2 is 1.70 bits per heavy atom. The molecule has 1 aliphatic rings. The van der Waals surface area contributed by atoms with Crippen molar-refractivity contribution in [1.82, 2.24) is 19.9 Å². The fourth-order valence-corrected chi connectivity index (χ4v) is 4.38. The summed E-state index contributed by atoms with van der Waals surface area (Å²) in [6.07, 6.45) is 3.31. The van der Waals surface area contributed by atoms with Gasteiger partial charge in [0, 0.05) is 38.6 Å². The molecule has 1 aliphatic heterocycles. The molecular weight excluding hydrogens is 368 g/mol. The second-order valence-corrected chi connectivity index (χ2v) is 7.92. The maximum atomic E-state index is 12.9. The van der Waals surface area contributed by atoms with E-state index in [1.54, 1.807) is 36.7 Å². The highest BCUT2D eigenvalue weighted by molar-refractivity contribution is 7.89. The maximum absolute atomic E-state index is 12.9. The first-order valence-corrected chi connectivity index (χ1v) is 10.1. The lowest BCUT2D eigenvalue weighted by Gasteiger charge is -2.27. The summed E-state index contributed by atoms with van der Waals surface area (Å²) in [5.41, 5.74) is 1.47. The molecule has 1 saturated heterocycles. The van der Waals surface area contributed by atoms with Crippen molar-refractivity contribution in [3.63, 3.8) is 0 Å². The van der Waals surface area contributed by atoms with Crippen LogP contribution in [0.25, 0.3) is 0 Å². The largest absolute Gasteiger partial charge is 0.379 e. The Morgan fingerprint density at radius 1 is 1.04 bits per heavy atom. The van der Waals surface area contributed by atoms with E-state index in [4.69, 9.17) is 4.74 Å². The van der Waals surface area contributed by atoms with Crippen LogP contribution in [-0.4, -0.2) is 50.0 Å². The monoisotopic (exact) mass is 390 g/mol. The summed E-state index contributed by atoms with van der Waals surface area (Å²) >= 11 is 0. The summed E-state index contributed by atoms with van der Waals surface area (Å²) < 4.78 is 32.4. The Hall–Kier alpha value is -2.49. The van der Waals surface area contributed by atoms with Crippen LogP contribution in [0.2, 0.25) is 0 Å². The molecule has 3 rings (SSSR count). The number of ether oxygens (including phenoxy) is 1. The predicted molar refractivity (Wildman–Crippen MR) is 99.3 cm³/mol. The first kappa shape index (κ1) is 19.3. The number of morpholine rings is 1. The topological polar surface area (TPSA) is 101 Å². The SMILES string of the molecule is O=C(NCc1ccncc1)NCc1ccccc1S(=O)(=O)N1CCOCC1. The van der Waals surface area contributed by atoms with Gasteiger partial charge in [0.2, 0.25) is 10.0 Å². The zero-order chi connectivity index (χ0) is 19.1. The summed E-state index contributed by atoms with van der Waals surface area (Å²) in [6, 6.07) is 9.96. The number of hydrogen-bond acceptors (Lipinski definition) is 5. The van der Waals surface area contributed by atoms with Crippen LogP contribution in [0.1, 0.15) is 11.1 Å². The van der Waals surface area contributed by atoms with Crippen LogP contribution < -0.4 is 10.6 Å². The fraction of sp³-hybridized carbons (Fsp3) is 0.333. The molecular formula is C18H22N4O4S. The molecule has 0 unspecified atom stereocenters. The number of pyridine rings is 1. The lowest BCUT2D eigenvalue weighted by Crippen LogP contribution is -2.41. The summed E-state index contributed by atoms with van der Waals surface area (Å²) in [4.78, 5) is 16.2. The third-order valence-electron chi connectivity index (χ3n) is 4.20. The van der Waals surface area contributed by atoms with Crippen molar-refractivity contribution in [2.75, 3.05) is 26.3 Å². The summed E-state index contributed by atoms with van der Waals surface area (Å²) in [6.45, 7) is 1.91. The molecule has 0 aliphatic carbocycles. The molecule has 9 heteroatoms. The van der Waals surface area contributed by atoms with Crippen LogP contribution in [0, 0.1) is 0 Å². The summed E-state index contributed by atoms with van der Waals surface area (Å²) in [7, 11) is -3.62. The Labute approximate surface area is 158 Å². The first-order chi connectivity index (χ1) is 13.1. The smallest absolute Gasteiger partial charge is 0.315 e. The van der Waals surface area contributed by atoms with Crippen molar-refractivity contribution < 1.29 is 17.9 Å². The second kappa shape index (κ2) is 8.94. The third-order valence-corrected chi connectivity index (χ3v) is 6.20. The maximum Gasteiger partial charge on any atom is 0.315 e. The van der Waals surface area contributed by atoms with Gasteiger partial charge in [0.15, 0.2) is 0 Å². The number of carbonyl (C=O) groups excluding carboxylic acids is 1. The summed E-state index contributed by atoms with van der Waals surface area (Å²) in [5, 5.41) is 5.45. The molecule has 1 aromatic heterocycles. The quantitative estimate of drug-likeness (QED) is 0.769. The standard InChI is InChI=1S/C18H22N4O4S/c23-18(20-13-15-5-7-19-8-6-15)21-14-16-3-1-2-4-17(16)27(24,25)22-9-11-26-12-10-22/h1-8H,9-14H2,(H2,20,21,23). The normalized spacial score (nSPS) is 15.3. The van der Waals surface area contributed by atoms with Crippen molar-refractivity contribution >= 4 is 16.1 Å². The van der Waals surface area contributed by atoms with Crippen molar-refractivity contribution in [3.8, 4) is 0 Å². The number of sulfonamides is 1. The van der Waals surface area contributed by atoms with Gasteiger partial charge in [0.05, 0.1) is 18.1 Å². The number of hydrogen-bond donors (Lipinski definition) is 2. The van der Waals surface area contributed by atoms with E-state index < -0.39 is 10.0 Å².